The van der Waals surface area contributed by atoms with Crippen molar-refractivity contribution in [1.82, 2.24) is 4.90 Å². The van der Waals surface area contributed by atoms with Gasteiger partial charge in [-0.2, -0.15) is 11.3 Å². The molecule has 1 aliphatic heterocycles. The quantitative estimate of drug-likeness (QED) is 0.738. The summed E-state index contributed by atoms with van der Waals surface area (Å²) in [6.45, 7) is 1.65. The van der Waals surface area contributed by atoms with Crippen LogP contribution in [0.4, 0.5) is 0 Å². The summed E-state index contributed by atoms with van der Waals surface area (Å²) < 4.78 is 0. The smallest absolute Gasteiger partial charge is 0.246 e. The van der Waals surface area contributed by atoms with Crippen LogP contribution in [0.3, 0.4) is 0 Å². The van der Waals surface area contributed by atoms with Gasteiger partial charge >= 0.3 is 0 Å². The highest BCUT2D eigenvalue weighted by Gasteiger charge is 2.22. The summed E-state index contributed by atoms with van der Waals surface area (Å²) in [7, 11) is 0. The van der Waals surface area contributed by atoms with Crippen molar-refractivity contribution in [2.75, 3.05) is 13.1 Å². The van der Waals surface area contributed by atoms with Crippen molar-refractivity contribution in [1.29, 1.82) is 0 Å². The monoisotopic (exact) mass is 331 g/mol. The van der Waals surface area contributed by atoms with Crippen molar-refractivity contribution in [3.05, 3.63) is 63.3 Å². The van der Waals surface area contributed by atoms with E-state index >= 15 is 0 Å². The minimum absolute atomic E-state index is 0.0729. The number of nitrogens with zero attached hydrogens (tertiary/aromatic N) is 1. The molecule has 1 aromatic heterocycles. The van der Waals surface area contributed by atoms with Gasteiger partial charge < -0.3 is 4.90 Å². The molecule has 0 bridgehead atoms. The van der Waals surface area contributed by atoms with E-state index in [-0.39, 0.29) is 5.91 Å². The zero-order valence-electron chi connectivity index (χ0n) is 12.2. The Balaban J connectivity index is 1.57. The first-order valence-electron chi connectivity index (χ1n) is 7.47. The number of carbonyl (C=O) groups is 1. The first kappa shape index (κ1) is 15.3. The summed E-state index contributed by atoms with van der Waals surface area (Å²) in [6.07, 6.45) is 5.52. The van der Waals surface area contributed by atoms with Crippen LogP contribution in [-0.4, -0.2) is 23.9 Å². The lowest BCUT2D eigenvalue weighted by Gasteiger charge is -2.31. The Labute approximate surface area is 140 Å². The van der Waals surface area contributed by atoms with E-state index in [1.807, 2.05) is 29.2 Å². The fraction of sp³-hybridized carbons (Fsp3) is 0.278. The highest BCUT2D eigenvalue weighted by Crippen LogP contribution is 2.29. The van der Waals surface area contributed by atoms with Crippen LogP contribution >= 0.6 is 22.9 Å². The van der Waals surface area contributed by atoms with Crippen molar-refractivity contribution >= 4 is 34.9 Å². The molecule has 1 saturated heterocycles. The first-order valence-corrected chi connectivity index (χ1v) is 8.80. The molecule has 114 valence electrons. The van der Waals surface area contributed by atoms with Crippen LogP contribution < -0.4 is 0 Å². The van der Waals surface area contributed by atoms with E-state index in [4.69, 9.17) is 11.6 Å². The van der Waals surface area contributed by atoms with Gasteiger partial charge in [-0.25, -0.2) is 0 Å². The summed E-state index contributed by atoms with van der Waals surface area (Å²) in [5.74, 6) is 0.673. The fourth-order valence-electron chi connectivity index (χ4n) is 2.82. The number of piperidine rings is 1. The molecule has 0 spiro atoms. The Bertz CT molecular complexity index is 657. The lowest BCUT2D eigenvalue weighted by Crippen LogP contribution is -2.36. The molecule has 0 atom stereocenters. The van der Waals surface area contributed by atoms with E-state index < -0.39 is 0 Å². The summed E-state index contributed by atoms with van der Waals surface area (Å²) in [5, 5.41) is 5.02. The Hall–Kier alpha value is -1.58. The second-order valence-electron chi connectivity index (χ2n) is 5.51. The van der Waals surface area contributed by atoms with Crippen molar-refractivity contribution in [2.24, 2.45) is 0 Å². The SMILES string of the molecule is O=C(/C=C/c1ccccc1Cl)N1CCC(c2ccsc2)CC1. The molecule has 2 aromatic rings. The molecule has 4 heteroatoms. The molecule has 1 aliphatic rings. The van der Waals surface area contributed by atoms with E-state index in [9.17, 15) is 4.79 Å². The number of likely N-dealkylation sites (tertiary alicyclic amines) is 1. The third-order valence-electron chi connectivity index (χ3n) is 4.13. The van der Waals surface area contributed by atoms with E-state index in [0.717, 1.165) is 31.5 Å². The van der Waals surface area contributed by atoms with Crippen LogP contribution in [0.1, 0.15) is 29.9 Å². The van der Waals surface area contributed by atoms with E-state index in [0.29, 0.717) is 10.9 Å². The molecule has 0 aliphatic carbocycles. The molecule has 1 aromatic carbocycles. The number of carbonyl (C=O) groups excluding carboxylic acids is 1. The third-order valence-corrected chi connectivity index (χ3v) is 5.18. The molecule has 1 fully saturated rings. The molecule has 2 heterocycles. The van der Waals surface area contributed by atoms with Gasteiger partial charge in [-0.1, -0.05) is 29.8 Å². The highest BCUT2D eigenvalue weighted by molar-refractivity contribution is 7.07. The summed E-state index contributed by atoms with van der Waals surface area (Å²) >= 11 is 7.84. The van der Waals surface area contributed by atoms with Gasteiger partial charge in [0.2, 0.25) is 5.91 Å². The van der Waals surface area contributed by atoms with Gasteiger partial charge in [0.25, 0.3) is 0 Å². The largest absolute Gasteiger partial charge is 0.339 e. The van der Waals surface area contributed by atoms with Crippen molar-refractivity contribution in [2.45, 2.75) is 18.8 Å². The van der Waals surface area contributed by atoms with Crippen LogP contribution in [0.5, 0.6) is 0 Å². The number of hydrogen-bond acceptors (Lipinski definition) is 2. The van der Waals surface area contributed by atoms with Crippen LogP contribution in [0.2, 0.25) is 5.02 Å². The second kappa shape index (κ2) is 7.12. The Morgan fingerprint density at radius 1 is 1.23 bits per heavy atom. The van der Waals surface area contributed by atoms with Crippen LogP contribution in [0.15, 0.2) is 47.2 Å². The average Bonchev–Trinajstić information content (AvgIpc) is 3.08. The molecule has 3 rings (SSSR count). The number of benzene rings is 1. The van der Waals surface area contributed by atoms with Gasteiger partial charge in [-0.05, 0) is 58.9 Å². The summed E-state index contributed by atoms with van der Waals surface area (Å²) in [6, 6.07) is 9.75. The van der Waals surface area contributed by atoms with Crippen molar-refractivity contribution in [3.8, 4) is 0 Å². The zero-order chi connectivity index (χ0) is 15.4. The average molecular weight is 332 g/mol. The van der Waals surface area contributed by atoms with E-state index in [1.54, 1.807) is 23.5 Å². The molecular weight excluding hydrogens is 314 g/mol. The van der Waals surface area contributed by atoms with Gasteiger partial charge in [0.1, 0.15) is 0 Å². The maximum Gasteiger partial charge on any atom is 0.246 e. The summed E-state index contributed by atoms with van der Waals surface area (Å²) in [4.78, 5) is 14.2. The minimum Gasteiger partial charge on any atom is -0.339 e. The molecule has 0 radical (unpaired) electrons. The second-order valence-corrected chi connectivity index (χ2v) is 6.70. The predicted molar refractivity (Wildman–Crippen MR) is 93.4 cm³/mol. The third kappa shape index (κ3) is 3.60. The maximum atomic E-state index is 12.3. The van der Waals surface area contributed by atoms with Gasteiger partial charge in [0, 0.05) is 24.2 Å². The molecule has 0 N–H and O–H groups in total. The first-order chi connectivity index (χ1) is 10.7. The van der Waals surface area contributed by atoms with Gasteiger partial charge in [-0.15, -0.1) is 0 Å². The van der Waals surface area contributed by atoms with Crippen LogP contribution in [-0.2, 0) is 4.79 Å². The molecule has 0 unspecified atom stereocenters. The molecular formula is C18H18ClNOS. The molecule has 2 nitrogen and oxygen atoms in total. The van der Waals surface area contributed by atoms with Crippen LogP contribution in [0.25, 0.3) is 6.08 Å². The lowest BCUT2D eigenvalue weighted by molar-refractivity contribution is -0.126. The lowest BCUT2D eigenvalue weighted by atomic mass is 9.91. The van der Waals surface area contributed by atoms with Crippen LogP contribution in [0, 0.1) is 0 Å². The standard InChI is InChI=1S/C18H18ClNOS/c19-17-4-2-1-3-15(17)5-6-18(21)20-10-7-14(8-11-20)16-9-12-22-13-16/h1-6,9,12-14H,7-8,10-11H2/b6-5+. The zero-order valence-corrected chi connectivity index (χ0v) is 13.8. The number of thiophene rings is 1. The summed E-state index contributed by atoms with van der Waals surface area (Å²) in [5.41, 5.74) is 2.30. The highest BCUT2D eigenvalue weighted by atomic mass is 35.5. The fourth-order valence-corrected chi connectivity index (χ4v) is 3.76. The minimum atomic E-state index is 0.0729. The Kier molecular flexibility index (Phi) is 4.96. The van der Waals surface area contributed by atoms with Crippen molar-refractivity contribution in [3.63, 3.8) is 0 Å². The number of halogens is 1. The maximum absolute atomic E-state index is 12.3. The van der Waals surface area contributed by atoms with Gasteiger partial charge in [0.15, 0.2) is 0 Å². The van der Waals surface area contributed by atoms with Crippen molar-refractivity contribution < 1.29 is 4.79 Å². The number of amides is 1. The number of hydrogen-bond donors (Lipinski definition) is 0. The molecule has 0 saturated carbocycles. The van der Waals surface area contributed by atoms with E-state index in [2.05, 4.69) is 16.8 Å². The predicted octanol–water partition coefficient (Wildman–Crippen LogP) is 4.82. The van der Waals surface area contributed by atoms with Gasteiger partial charge in [0.05, 0.1) is 0 Å². The Morgan fingerprint density at radius 2 is 2.00 bits per heavy atom. The number of rotatable bonds is 3. The van der Waals surface area contributed by atoms with E-state index in [1.165, 1.54) is 5.56 Å². The molecule has 22 heavy (non-hydrogen) atoms. The normalized spacial score (nSPS) is 16.3. The Morgan fingerprint density at radius 3 is 2.68 bits per heavy atom. The van der Waals surface area contributed by atoms with Gasteiger partial charge in [-0.3, -0.25) is 4.79 Å². The molecule has 1 amide bonds. The topological polar surface area (TPSA) is 20.3 Å².